The van der Waals surface area contributed by atoms with E-state index in [1.807, 2.05) is 23.9 Å². The lowest BCUT2D eigenvalue weighted by molar-refractivity contribution is 0.0725. The fraction of sp³-hybridized carbons (Fsp3) is 0.350. The predicted molar refractivity (Wildman–Crippen MR) is 108 cm³/mol. The molecule has 1 aliphatic rings. The first-order chi connectivity index (χ1) is 13.3. The minimum Gasteiger partial charge on any atom is -0.377 e. The lowest BCUT2D eigenvalue weighted by atomic mass is 10.1. The number of rotatable bonds is 5. The Bertz CT molecular complexity index is 953. The third-order valence-electron chi connectivity index (χ3n) is 4.73. The van der Waals surface area contributed by atoms with Crippen molar-refractivity contribution in [2.75, 3.05) is 36.8 Å². The van der Waals surface area contributed by atoms with Crippen LogP contribution in [0.1, 0.15) is 29.6 Å². The maximum atomic E-state index is 13.1. The summed E-state index contributed by atoms with van der Waals surface area (Å²) in [5.41, 5.74) is 1.46. The number of nitrogens with one attached hydrogen (secondary N) is 1. The van der Waals surface area contributed by atoms with Gasteiger partial charge in [0.05, 0.1) is 10.5 Å². The van der Waals surface area contributed by atoms with Crippen LogP contribution >= 0.6 is 0 Å². The number of carbonyl (C=O) groups is 1. The second kappa shape index (κ2) is 8.18. The molecule has 2 aromatic carbocycles. The number of hydrogen-bond donors (Lipinski definition) is 1. The third-order valence-corrected chi connectivity index (χ3v) is 6.13. The van der Waals surface area contributed by atoms with Crippen LogP contribution in [0.5, 0.6) is 0 Å². The van der Waals surface area contributed by atoms with E-state index < -0.39 is 15.8 Å². The maximum Gasteiger partial charge on any atom is 0.261 e. The smallest absolute Gasteiger partial charge is 0.261 e. The van der Waals surface area contributed by atoms with E-state index in [9.17, 15) is 17.6 Å². The fourth-order valence-electron chi connectivity index (χ4n) is 3.26. The molecule has 0 aromatic heterocycles. The zero-order valence-electron chi connectivity index (χ0n) is 16.0. The highest BCUT2D eigenvalue weighted by molar-refractivity contribution is 7.92. The number of hydrogen-bond acceptors (Lipinski definition) is 4. The zero-order valence-corrected chi connectivity index (χ0v) is 16.8. The summed E-state index contributed by atoms with van der Waals surface area (Å²) in [6.45, 7) is 1.41. The molecule has 0 bridgehead atoms. The average molecular weight is 405 g/mol. The summed E-state index contributed by atoms with van der Waals surface area (Å²) in [5.74, 6) is -0.616. The summed E-state index contributed by atoms with van der Waals surface area (Å²) in [7, 11) is -0.210. The highest BCUT2D eigenvalue weighted by Crippen LogP contribution is 2.27. The molecule has 3 rings (SSSR count). The standard InChI is InChI=1S/C20H24FN3O3S/c1-23(2)19-11-8-16(14-18(19)20(25)24-12-4-3-5-13-24)22-28(26,27)17-9-6-15(21)7-10-17/h6-11,14,22H,3-5,12-13H2,1-2H3. The SMILES string of the molecule is CN(C)c1ccc(NS(=O)(=O)c2ccc(F)cc2)cc1C(=O)N1CCCCC1. The number of halogens is 1. The van der Waals surface area contributed by atoms with E-state index in [2.05, 4.69) is 4.72 Å². The van der Waals surface area contributed by atoms with Crippen LogP contribution in [0.2, 0.25) is 0 Å². The highest BCUT2D eigenvalue weighted by atomic mass is 32.2. The Kier molecular flexibility index (Phi) is 5.88. The van der Waals surface area contributed by atoms with Gasteiger partial charge in [0.15, 0.2) is 0 Å². The predicted octanol–water partition coefficient (Wildman–Crippen LogP) is 3.32. The van der Waals surface area contributed by atoms with E-state index in [0.29, 0.717) is 18.7 Å². The molecule has 1 amide bonds. The van der Waals surface area contributed by atoms with E-state index in [1.165, 1.54) is 12.1 Å². The first-order valence-electron chi connectivity index (χ1n) is 9.17. The average Bonchev–Trinajstić information content (AvgIpc) is 2.68. The van der Waals surface area contributed by atoms with Gasteiger partial charge in [-0.1, -0.05) is 0 Å². The number of piperidine rings is 1. The summed E-state index contributed by atoms with van der Waals surface area (Å²) in [6, 6.07) is 9.48. The van der Waals surface area contributed by atoms with Gasteiger partial charge in [0.2, 0.25) is 0 Å². The lowest BCUT2D eigenvalue weighted by Crippen LogP contribution is -2.36. The van der Waals surface area contributed by atoms with Crippen LogP contribution in [0.4, 0.5) is 15.8 Å². The van der Waals surface area contributed by atoms with Gasteiger partial charge in [0.25, 0.3) is 15.9 Å². The lowest BCUT2D eigenvalue weighted by Gasteiger charge is -2.28. The van der Waals surface area contributed by atoms with E-state index in [4.69, 9.17) is 0 Å². The van der Waals surface area contributed by atoms with Crippen molar-refractivity contribution in [3.8, 4) is 0 Å². The van der Waals surface area contributed by atoms with Gasteiger partial charge in [-0.3, -0.25) is 9.52 Å². The van der Waals surface area contributed by atoms with Crippen LogP contribution in [-0.4, -0.2) is 46.4 Å². The molecule has 1 saturated heterocycles. The van der Waals surface area contributed by atoms with Crippen molar-refractivity contribution in [3.05, 3.63) is 53.8 Å². The molecule has 0 radical (unpaired) electrons. The first kappa shape index (κ1) is 20.1. The molecule has 0 saturated carbocycles. The molecule has 1 fully saturated rings. The van der Waals surface area contributed by atoms with Crippen LogP contribution in [0.15, 0.2) is 47.4 Å². The number of anilines is 2. The topological polar surface area (TPSA) is 69.7 Å². The van der Waals surface area contributed by atoms with E-state index >= 15 is 0 Å². The van der Waals surface area contributed by atoms with Gasteiger partial charge < -0.3 is 9.80 Å². The monoisotopic (exact) mass is 405 g/mol. The van der Waals surface area contributed by atoms with Gasteiger partial charge in [-0.05, 0) is 61.7 Å². The summed E-state index contributed by atoms with van der Waals surface area (Å²) in [5, 5.41) is 0. The van der Waals surface area contributed by atoms with E-state index in [-0.39, 0.29) is 16.5 Å². The molecule has 2 aromatic rings. The molecule has 0 aliphatic carbocycles. The van der Waals surface area contributed by atoms with Gasteiger partial charge >= 0.3 is 0 Å². The summed E-state index contributed by atoms with van der Waals surface area (Å²) in [4.78, 5) is 16.6. The van der Waals surface area contributed by atoms with Crippen LogP contribution in [0.3, 0.4) is 0 Å². The normalized spacial score (nSPS) is 14.6. The number of nitrogens with zero attached hydrogens (tertiary/aromatic N) is 2. The quantitative estimate of drug-likeness (QED) is 0.829. The molecule has 6 nitrogen and oxygen atoms in total. The van der Waals surface area contributed by atoms with Gasteiger partial charge in [0, 0.05) is 38.6 Å². The molecule has 28 heavy (non-hydrogen) atoms. The molecule has 1 N–H and O–H groups in total. The molecule has 1 heterocycles. The molecular weight excluding hydrogens is 381 g/mol. The first-order valence-corrected chi connectivity index (χ1v) is 10.7. The van der Waals surface area contributed by atoms with Crippen molar-refractivity contribution in [1.82, 2.24) is 4.90 Å². The van der Waals surface area contributed by atoms with E-state index in [0.717, 1.165) is 37.1 Å². The van der Waals surface area contributed by atoms with Gasteiger partial charge in [-0.2, -0.15) is 0 Å². The summed E-state index contributed by atoms with van der Waals surface area (Å²) in [6.07, 6.45) is 3.06. The number of amides is 1. The number of benzene rings is 2. The van der Waals surface area contributed by atoms with Gasteiger partial charge in [-0.15, -0.1) is 0 Å². The van der Waals surface area contributed by atoms with Crippen molar-refractivity contribution in [2.45, 2.75) is 24.2 Å². The van der Waals surface area contributed by atoms with E-state index in [1.54, 1.807) is 18.2 Å². The molecule has 0 unspecified atom stereocenters. The Balaban J connectivity index is 1.92. The molecular formula is C20H24FN3O3S. The number of likely N-dealkylation sites (tertiary alicyclic amines) is 1. The molecule has 0 atom stereocenters. The number of sulfonamides is 1. The van der Waals surface area contributed by atoms with Crippen LogP contribution in [0.25, 0.3) is 0 Å². The second-order valence-electron chi connectivity index (χ2n) is 7.04. The molecule has 150 valence electrons. The van der Waals surface area contributed by atoms with Crippen molar-refractivity contribution in [3.63, 3.8) is 0 Å². The van der Waals surface area contributed by atoms with Crippen molar-refractivity contribution in [1.29, 1.82) is 0 Å². The van der Waals surface area contributed by atoms with Crippen molar-refractivity contribution in [2.24, 2.45) is 0 Å². The third kappa shape index (κ3) is 4.44. The van der Waals surface area contributed by atoms with Crippen LogP contribution < -0.4 is 9.62 Å². The second-order valence-corrected chi connectivity index (χ2v) is 8.72. The molecule has 8 heteroatoms. The van der Waals surface area contributed by atoms with Gasteiger partial charge in [-0.25, -0.2) is 12.8 Å². The van der Waals surface area contributed by atoms with Crippen molar-refractivity contribution >= 4 is 27.3 Å². The summed E-state index contributed by atoms with van der Waals surface area (Å²) < 4.78 is 40.7. The Morgan fingerprint density at radius 2 is 1.68 bits per heavy atom. The molecule has 0 spiro atoms. The largest absolute Gasteiger partial charge is 0.377 e. The van der Waals surface area contributed by atoms with Crippen molar-refractivity contribution < 1.29 is 17.6 Å². The Labute approximate surface area is 165 Å². The Morgan fingerprint density at radius 3 is 2.29 bits per heavy atom. The summed E-state index contributed by atoms with van der Waals surface area (Å²) >= 11 is 0. The fourth-order valence-corrected chi connectivity index (χ4v) is 4.31. The Morgan fingerprint density at radius 1 is 1.04 bits per heavy atom. The Hall–Kier alpha value is -2.61. The highest BCUT2D eigenvalue weighted by Gasteiger charge is 2.23. The minimum absolute atomic E-state index is 0.0468. The van der Waals surface area contributed by atoms with Crippen LogP contribution in [0, 0.1) is 5.82 Å². The number of carbonyl (C=O) groups excluding carboxylic acids is 1. The van der Waals surface area contributed by atoms with Crippen LogP contribution in [-0.2, 0) is 10.0 Å². The zero-order chi connectivity index (χ0) is 20.3. The minimum atomic E-state index is -3.89. The van der Waals surface area contributed by atoms with Gasteiger partial charge in [0.1, 0.15) is 5.82 Å². The maximum absolute atomic E-state index is 13.1. The molecule has 1 aliphatic heterocycles.